The molecule has 0 aliphatic heterocycles. The van der Waals surface area contributed by atoms with Crippen molar-refractivity contribution in [2.24, 2.45) is 0 Å². The van der Waals surface area contributed by atoms with Gasteiger partial charge in [0, 0.05) is 12.2 Å². The lowest BCUT2D eigenvalue weighted by atomic mass is 10.1. The van der Waals surface area contributed by atoms with Crippen molar-refractivity contribution in [1.29, 1.82) is 0 Å². The van der Waals surface area contributed by atoms with Crippen LogP contribution in [0.2, 0.25) is 0 Å². The number of fused-ring (bicyclic) bond motifs is 1. The first kappa shape index (κ1) is 18.4. The largest absolute Gasteiger partial charge is 0.493 e. The van der Waals surface area contributed by atoms with Crippen LogP contribution in [0.15, 0.2) is 36.4 Å². The molecule has 0 fully saturated rings. The van der Waals surface area contributed by atoms with Crippen LogP contribution in [0.1, 0.15) is 10.6 Å². The van der Waals surface area contributed by atoms with E-state index in [4.69, 9.17) is 21.7 Å². The van der Waals surface area contributed by atoms with E-state index in [1.807, 2.05) is 37.3 Å². The van der Waals surface area contributed by atoms with Crippen LogP contribution in [0, 0.1) is 6.92 Å². The second-order valence-corrected chi connectivity index (χ2v) is 7.38. The van der Waals surface area contributed by atoms with E-state index < -0.39 is 0 Å². The third kappa shape index (κ3) is 4.42. The maximum absolute atomic E-state index is 5.38. The first-order valence-corrected chi connectivity index (χ1v) is 9.44. The monoisotopic (exact) mass is 387 g/mol. The van der Waals surface area contributed by atoms with Gasteiger partial charge in [-0.25, -0.2) is 4.98 Å². The third-order valence-corrected chi connectivity index (χ3v) is 5.10. The lowest BCUT2D eigenvalue weighted by Gasteiger charge is -2.12. The summed E-state index contributed by atoms with van der Waals surface area (Å²) in [6.45, 7) is 2.73. The number of aryl methyl sites for hydroxylation is 1. The van der Waals surface area contributed by atoms with Crippen molar-refractivity contribution < 1.29 is 9.47 Å². The molecule has 3 aromatic rings. The number of nitrogens with zero attached hydrogens (tertiary/aromatic N) is 1. The Morgan fingerprint density at radius 2 is 1.92 bits per heavy atom. The highest BCUT2D eigenvalue weighted by Crippen LogP contribution is 2.27. The second-order valence-electron chi connectivity index (χ2n) is 5.74. The number of methoxy groups -OCH3 is 2. The normalized spacial score (nSPS) is 10.6. The zero-order valence-electron chi connectivity index (χ0n) is 15.0. The Bertz CT molecular complexity index is 924. The Morgan fingerprint density at radius 1 is 1.12 bits per heavy atom. The van der Waals surface area contributed by atoms with Gasteiger partial charge in [0.2, 0.25) is 0 Å². The van der Waals surface area contributed by atoms with Gasteiger partial charge in [-0.15, -0.1) is 11.3 Å². The van der Waals surface area contributed by atoms with E-state index >= 15 is 0 Å². The number of rotatable bonds is 6. The molecule has 0 spiro atoms. The average Bonchev–Trinajstić information content (AvgIpc) is 3.00. The minimum Gasteiger partial charge on any atom is -0.493 e. The van der Waals surface area contributed by atoms with Crippen LogP contribution >= 0.6 is 23.6 Å². The molecule has 0 saturated heterocycles. The van der Waals surface area contributed by atoms with Gasteiger partial charge in [-0.1, -0.05) is 6.07 Å². The van der Waals surface area contributed by atoms with Gasteiger partial charge < -0.3 is 20.1 Å². The summed E-state index contributed by atoms with van der Waals surface area (Å²) in [6.07, 6.45) is 0.826. The number of hydrogen-bond acceptors (Lipinski definition) is 5. The molecule has 0 atom stereocenters. The van der Waals surface area contributed by atoms with Gasteiger partial charge in [0.15, 0.2) is 16.6 Å². The van der Waals surface area contributed by atoms with Crippen LogP contribution in [0.3, 0.4) is 0 Å². The van der Waals surface area contributed by atoms with Gasteiger partial charge in [0.25, 0.3) is 0 Å². The number of ether oxygens (including phenoxy) is 2. The van der Waals surface area contributed by atoms with Gasteiger partial charge in [-0.05, 0) is 61.5 Å². The molecule has 136 valence electrons. The lowest BCUT2D eigenvalue weighted by molar-refractivity contribution is 0.354. The molecule has 0 aliphatic rings. The SMILES string of the molecule is COc1ccc(CCNC(=S)Nc2ccc3sc(C)nc3c2)cc1OC. The van der Waals surface area contributed by atoms with Crippen molar-refractivity contribution in [2.75, 3.05) is 26.1 Å². The molecule has 1 heterocycles. The molecule has 26 heavy (non-hydrogen) atoms. The van der Waals surface area contributed by atoms with Gasteiger partial charge in [0.1, 0.15) is 0 Å². The fraction of sp³-hybridized carbons (Fsp3) is 0.263. The molecule has 3 rings (SSSR count). The van der Waals surface area contributed by atoms with E-state index in [9.17, 15) is 0 Å². The molecule has 0 unspecified atom stereocenters. The first-order valence-electron chi connectivity index (χ1n) is 8.22. The summed E-state index contributed by atoms with van der Waals surface area (Å²) in [5.74, 6) is 1.46. The molecular weight excluding hydrogens is 366 g/mol. The molecular formula is C19H21N3O2S2. The average molecular weight is 388 g/mol. The van der Waals surface area contributed by atoms with E-state index in [1.54, 1.807) is 25.6 Å². The van der Waals surface area contributed by atoms with Crippen molar-refractivity contribution in [1.82, 2.24) is 10.3 Å². The van der Waals surface area contributed by atoms with Crippen LogP contribution in [-0.2, 0) is 6.42 Å². The van der Waals surface area contributed by atoms with Crippen LogP contribution in [0.25, 0.3) is 10.2 Å². The maximum Gasteiger partial charge on any atom is 0.170 e. The lowest BCUT2D eigenvalue weighted by Crippen LogP contribution is -2.30. The molecule has 0 aliphatic carbocycles. The number of anilines is 1. The number of benzene rings is 2. The highest BCUT2D eigenvalue weighted by molar-refractivity contribution is 7.80. The first-order chi connectivity index (χ1) is 12.6. The predicted octanol–water partition coefficient (Wildman–Crippen LogP) is 4.15. The van der Waals surface area contributed by atoms with Crippen LogP contribution in [0.4, 0.5) is 5.69 Å². The van der Waals surface area contributed by atoms with E-state index in [2.05, 4.69) is 21.7 Å². The third-order valence-electron chi connectivity index (χ3n) is 3.90. The fourth-order valence-corrected chi connectivity index (χ4v) is 3.68. The topological polar surface area (TPSA) is 55.4 Å². The summed E-state index contributed by atoms with van der Waals surface area (Å²) in [7, 11) is 3.27. The van der Waals surface area contributed by atoms with Crippen molar-refractivity contribution in [3.63, 3.8) is 0 Å². The van der Waals surface area contributed by atoms with Gasteiger partial charge >= 0.3 is 0 Å². The molecule has 0 bridgehead atoms. The van der Waals surface area contributed by atoms with E-state index in [-0.39, 0.29) is 0 Å². The van der Waals surface area contributed by atoms with Crippen LogP contribution in [0.5, 0.6) is 11.5 Å². The number of thiocarbonyl (C=S) groups is 1. The van der Waals surface area contributed by atoms with E-state index in [0.717, 1.165) is 46.2 Å². The van der Waals surface area contributed by atoms with Crippen molar-refractivity contribution in [3.8, 4) is 11.5 Å². The van der Waals surface area contributed by atoms with E-state index in [0.29, 0.717) is 5.11 Å². The summed E-state index contributed by atoms with van der Waals surface area (Å²) in [6, 6.07) is 12.0. The Morgan fingerprint density at radius 3 is 2.69 bits per heavy atom. The molecule has 5 nitrogen and oxygen atoms in total. The molecule has 1 aromatic heterocycles. The number of nitrogens with one attached hydrogen (secondary N) is 2. The number of aromatic nitrogens is 1. The second kappa shape index (κ2) is 8.33. The molecule has 7 heteroatoms. The molecule has 0 saturated carbocycles. The van der Waals surface area contributed by atoms with Gasteiger partial charge in [-0.3, -0.25) is 0 Å². The van der Waals surface area contributed by atoms with Crippen molar-refractivity contribution >= 4 is 44.6 Å². The molecule has 0 radical (unpaired) electrons. The molecule has 2 N–H and O–H groups in total. The minimum absolute atomic E-state index is 0.594. The Labute approximate surface area is 162 Å². The van der Waals surface area contributed by atoms with Crippen LogP contribution in [-0.4, -0.2) is 30.9 Å². The zero-order chi connectivity index (χ0) is 18.5. The summed E-state index contributed by atoms with van der Waals surface area (Å²) in [5, 5.41) is 8.10. The van der Waals surface area contributed by atoms with Crippen molar-refractivity contribution in [3.05, 3.63) is 47.0 Å². The zero-order valence-corrected chi connectivity index (χ0v) is 16.6. The fourth-order valence-electron chi connectivity index (χ4n) is 2.65. The van der Waals surface area contributed by atoms with Gasteiger partial charge in [0.05, 0.1) is 29.4 Å². The van der Waals surface area contributed by atoms with Crippen LogP contribution < -0.4 is 20.1 Å². The Balaban J connectivity index is 1.53. The van der Waals surface area contributed by atoms with Gasteiger partial charge in [-0.2, -0.15) is 0 Å². The Hall–Kier alpha value is -2.38. The smallest absolute Gasteiger partial charge is 0.170 e. The maximum atomic E-state index is 5.38. The summed E-state index contributed by atoms with van der Waals surface area (Å²) in [4.78, 5) is 4.51. The standard InChI is InChI=1S/C19H21N3O2S2/c1-12-21-15-11-14(5-7-18(15)26-12)22-19(25)20-9-8-13-4-6-16(23-2)17(10-13)24-3/h4-7,10-11H,8-9H2,1-3H3,(H2,20,22,25). The van der Waals surface area contributed by atoms with Crippen molar-refractivity contribution in [2.45, 2.75) is 13.3 Å². The quantitative estimate of drug-likeness (QED) is 0.620. The predicted molar refractivity (Wildman–Crippen MR) is 112 cm³/mol. The number of hydrogen-bond donors (Lipinski definition) is 2. The van der Waals surface area contributed by atoms with E-state index in [1.165, 1.54) is 4.70 Å². The summed E-state index contributed by atoms with van der Waals surface area (Å²) in [5.41, 5.74) is 3.08. The summed E-state index contributed by atoms with van der Waals surface area (Å²) < 4.78 is 11.8. The number of thiazole rings is 1. The highest BCUT2D eigenvalue weighted by atomic mass is 32.1. The minimum atomic E-state index is 0.594. The highest BCUT2D eigenvalue weighted by Gasteiger charge is 2.06. The summed E-state index contributed by atoms with van der Waals surface area (Å²) >= 11 is 7.07. The molecule has 2 aromatic carbocycles. The molecule has 0 amide bonds. The Kier molecular flexibility index (Phi) is 5.90.